The fourth-order valence-corrected chi connectivity index (χ4v) is 4.79. The Balaban J connectivity index is 0.00000200. The van der Waals surface area contributed by atoms with Crippen molar-refractivity contribution in [1.29, 1.82) is 0 Å². The van der Waals surface area contributed by atoms with Gasteiger partial charge in [-0.25, -0.2) is 0 Å². The highest BCUT2D eigenvalue weighted by Gasteiger charge is 2.37. The first kappa shape index (κ1) is 18.1. The minimum Gasteiger partial charge on any atom is -0.373 e. The van der Waals surface area contributed by atoms with Crippen LogP contribution in [0.25, 0.3) is 0 Å². The van der Waals surface area contributed by atoms with Crippen LogP contribution >= 0.6 is 12.4 Å². The molecule has 0 aliphatic carbocycles. The van der Waals surface area contributed by atoms with Crippen molar-refractivity contribution >= 4 is 22.6 Å². The van der Waals surface area contributed by atoms with Gasteiger partial charge in [-0.15, -0.1) is 12.4 Å². The number of rotatable bonds is 3. The van der Waals surface area contributed by atoms with Gasteiger partial charge in [-0.3, -0.25) is 0 Å². The lowest BCUT2D eigenvalue weighted by molar-refractivity contribution is -0.0457. The molecule has 0 aromatic carbocycles. The molecule has 120 valence electrons. The molecule has 20 heavy (non-hydrogen) atoms. The maximum Gasteiger partial charge on any atom is 0.282 e. The number of hydrogen-bond acceptors (Lipinski definition) is 4. The number of nitrogens with two attached hydrogens (primary N) is 1. The second-order valence-electron chi connectivity index (χ2n) is 5.68. The van der Waals surface area contributed by atoms with Crippen LogP contribution < -0.4 is 5.73 Å². The molecule has 0 amide bonds. The summed E-state index contributed by atoms with van der Waals surface area (Å²) in [6.07, 6.45) is 1.83. The number of ether oxygens (including phenoxy) is 1. The molecule has 0 saturated carbocycles. The molecule has 0 bridgehead atoms. The summed E-state index contributed by atoms with van der Waals surface area (Å²) in [6.45, 7) is 6.43. The van der Waals surface area contributed by atoms with E-state index in [0.29, 0.717) is 38.6 Å². The van der Waals surface area contributed by atoms with Gasteiger partial charge in [0.05, 0.1) is 12.2 Å². The Hall–Kier alpha value is 0.0800. The first-order valence-electron chi connectivity index (χ1n) is 7.04. The summed E-state index contributed by atoms with van der Waals surface area (Å²) in [5, 5.41) is 0. The van der Waals surface area contributed by atoms with Gasteiger partial charge in [0.15, 0.2) is 0 Å². The minimum atomic E-state index is -3.36. The Morgan fingerprint density at radius 3 is 2.30 bits per heavy atom. The first-order valence-corrected chi connectivity index (χ1v) is 8.44. The van der Waals surface area contributed by atoms with Crippen molar-refractivity contribution in [3.8, 4) is 0 Å². The second-order valence-corrected chi connectivity index (χ2v) is 7.61. The molecule has 6 nitrogen and oxygen atoms in total. The van der Waals surface area contributed by atoms with Crippen LogP contribution in [0.2, 0.25) is 0 Å². The van der Waals surface area contributed by atoms with Crippen LogP contribution in [-0.4, -0.2) is 62.0 Å². The van der Waals surface area contributed by atoms with Gasteiger partial charge in [0, 0.05) is 26.2 Å². The topological polar surface area (TPSA) is 75.9 Å². The molecule has 2 heterocycles. The van der Waals surface area contributed by atoms with E-state index in [0.717, 1.165) is 12.8 Å². The third-order valence-electron chi connectivity index (χ3n) is 3.85. The number of halogens is 1. The maximum absolute atomic E-state index is 12.6. The molecular formula is C12H26ClN3O3S. The molecule has 3 unspecified atom stereocenters. The van der Waals surface area contributed by atoms with E-state index in [1.807, 2.05) is 13.8 Å². The van der Waals surface area contributed by atoms with Gasteiger partial charge < -0.3 is 10.5 Å². The highest BCUT2D eigenvalue weighted by Crippen LogP contribution is 2.23. The molecule has 0 aromatic heterocycles. The monoisotopic (exact) mass is 327 g/mol. The van der Waals surface area contributed by atoms with Crippen molar-refractivity contribution in [3.63, 3.8) is 0 Å². The Labute approximate surface area is 128 Å². The molecule has 0 spiro atoms. The van der Waals surface area contributed by atoms with Gasteiger partial charge in [0.2, 0.25) is 0 Å². The van der Waals surface area contributed by atoms with E-state index in [4.69, 9.17) is 10.5 Å². The lowest BCUT2D eigenvalue weighted by Gasteiger charge is -2.39. The lowest BCUT2D eigenvalue weighted by Crippen LogP contribution is -2.55. The molecule has 0 aromatic rings. The highest BCUT2D eigenvalue weighted by atomic mass is 35.5. The number of morpholine rings is 1. The van der Waals surface area contributed by atoms with Crippen molar-refractivity contribution in [3.05, 3.63) is 0 Å². The molecule has 2 rings (SSSR count). The van der Waals surface area contributed by atoms with Gasteiger partial charge in [-0.1, -0.05) is 0 Å². The van der Waals surface area contributed by atoms with Gasteiger partial charge >= 0.3 is 0 Å². The molecule has 8 heteroatoms. The van der Waals surface area contributed by atoms with Crippen molar-refractivity contribution in [1.82, 2.24) is 8.61 Å². The summed E-state index contributed by atoms with van der Waals surface area (Å²) < 4.78 is 34.1. The standard InChI is InChI=1S/C12H25N3O3S.ClH/c1-10-7-15(8-11(2)18-10)19(16,17)14-5-3-4-12(6-13)9-14;/h10-12H,3-9,13H2,1-2H3;1H. The molecule has 0 radical (unpaired) electrons. The maximum atomic E-state index is 12.6. The van der Waals surface area contributed by atoms with Crippen LogP contribution in [0.1, 0.15) is 26.7 Å². The number of piperidine rings is 1. The quantitative estimate of drug-likeness (QED) is 0.815. The van der Waals surface area contributed by atoms with E-state index in [1.165, 1.54) is 0 Å². The highest BCUT2D eigenvalue weighted by molar-refractivity contribution is 7.86. The Kier molecular flexibility index (Phi) is 6.69. The third-order valence-corrected chi connectivity index (χ3v) is 5.79. The fourth-order valence-electron chi connectivity index (χ4n) is 2.91. The summed E-state index contributed by atoms with van der Waals surface area (Å²) in [5.74, 6) is 0.291. The minimum absolute atomic E-state index is 0. The van der Waals surface area contributed by atoms with Crippen LogP contribution in [0.3, 0.4) is 0 Å². The second kappa shape index (κ2) is 7.38. The molecule has 2 fully saturated rings. The largest absolute Gasteiger partial charge is 0.373 e. The zero-order valence-corrected chi connectivity index (χ0v) is 13.8. The average Bonchev–Trinajstić information content (AvgIpc) is 2.37. The van der Waals surface area contributed by atoms with Crippen molar-refractivity contribution < 1.29 is 13.2 Å². The molecule has 2 saturated heterocycles. The molecule has 2 aliphatic heterocycles. The molecule has 2 aliphatic rings. The Bertz CT molecular complexity index is 397. The zero-order valence-electron chi connectivity index (χ0n) is 12.2. The third kappa shape index (κ3) is 4.05. The van der Waals surface area contributed by atoms with E-state index in [-0.39, 0.29) is 24.6 Å². The normalized spacial score (nSPS) is 33.6. The molecule has 3 atom stereocenters. The lowest BCUT2D eigenvalue weighted by atomic mass is 10.0. The molecular weight excluding hydrogens is 302 g/mol. The van der Waals surface area contributed by atoms with Crippen LogP contribution in [0, 0.1) is 5.92 Å². The van der Waals surface area contributed by atoms with E-state index in [2.05, 4.69) is 0 Å². The van der Waals surface area contributed by atoms with Crippen LogP contribution in [0.4, 0.5) is 0 Å². The van der Waals surface area contributed by atoms with Crippen LogP contribution in [0.15, 0.2) is 0 Å². The van der Waals surface area contributed by atoms with E-state index in [9.17, 15) is 8.42 Å². The van der Waals surface area contributed by atoms with Crippen molar-refractivity contribution in [2.45, 2.75) is 38.9 Å². The SMILES string of the molecule is CC1CN(S(=O)(=O)N2CCCC(CN)C2)CC(C)O1.Cl. The predicted octanol–water partition coefficient (Wildman–Crippen LogP) is 0.433. The van der Waals surface area contributed by atoms with Crippen LogP contribution in [0.5, 0.6) is 0 Å². The van der Waals surface area contributed by atoms with Gasteiger partial charge in [-0.05, 0) is 39.2 Å². The smallest absolute Gasteiger partial charge is 0.282 e. The van der Waals surface area contributed by atoms with E-state index >= 15 is 0 Å². The van der Waals surface area contributed by atoms with Crippen molar-refractivity contribution in [2.75, 3.05) is 32.7 Å². The summed E-state index contributed by atoms with van der Waals surface area (Å²) in [7, 11) is -3.36. The van der Waals surface area contributed by atoms with Gasteiger partial charge in [0.1, 0.15) is 0 Å². The summed E-state index contributed by atoms with van der Waals surface area (Å²) in [5.41, 5.74) is 5.68. The number of nitrogens with zero attached hydrogens (tertiary/aromatic N) is 2. The first-order chi connectivity index (χ1) is 8.93. The fraction of sp³-hybridized carbons (Fsp3) is 1.00. The van der Waals surface area contributed by atoms with Gasteiger partial charge in [-0.2, -0.15) is 17.0 Å². The summed E-state index contributed by atoms with van der Waals surface area (Å²) in [6, 6.07) is 0. The Morgan fingerprint density at radius 2 is 1.75 bits per heavy atom. The van der Waals surface area contributed by atoms with Gasteiger partial charge in [0.25, 0.3) is 10.2 Å². The summed E-state index contributed by atoms with van der Waals surface area (Å²) >= 11 is 0. The Morgan fingerprint density at radius 1 is 1.15 bits per heavy atom. The van der Waals surface area contributed by atoms with Crippen LogP contribution in [-0.2, 0) is 14.9 Å². The van der Waals surface area contributed by atoms with E-state index in [1.54, 1.807) is 8.61 Å². The predicted molar refractivity (Wildman–Crippen MR) is 81.1 cm³/mol. The average molecular weight is 328 g/mol. The summed E-state index contributed by atoms with van der Waals surface area (Å²) in [4.78, 5) is 0. The number of hydrogen-bond donors (Lipinski definition) is 1. The van der Waals surface area contributed by atoms with Crippen molar-refractivity contribution in [2.24, 2.45) is 11.7 Å². The zero-order chi connectivity index (χ0) is 14.0. The van der Waals surface area contributed by atoms with E-state index < -0.39 is 10.2 Å². The molecule has 2 N–H and O–H groups in total.